The largest absolute Gasteiger partial charge is 0.382 e. The summed E-state index contributed by atoms with van der Waals surface area (Å²) < 4.78 is 5.27. The molecule has 1 aromatic rings. The highest BCUT2D eigenvalue weighted by molar-refractivity contribution is 5.25. The van der Waals surface area contributed by atoms with Crippen molar-refractivity contribution in [2.24, 2.45) is 0 Å². The zero-order valence-electron chi connectivity index (χ0n) is 10.9. The van der Waals surface area contributed by atoms with Crippen LogP contribution < -0.4 is 5.32 Å². The van der Waals surface area contributed by atoms with Crippen LogP contribution in [-0.2, 0) is 11.2 Å². The van der Waals surface area contributed by atoms with Gasteiger partial charge >= 0.3 is 0 Å². The summed E-state index contributed by atoms with van der Waals surface area (Å²) in [5.74, 6) is 0. The Labute approximate surface area is 104 Å². The molecule has 2 heteroatoms. The van der Waals surface area contributed by atoms with Gasteiger partial charge in [0.05, 0.1) is 6.10 Å². The quantitative estimate of drug-likeness (QED) is 0.844. The topological polar surface area (TPSA) is 21.3 Å². The second kappa shape index (κ2) is 6.18. The van der Waals surface area contributed by atoms with Gasteiger partial charge in [-0.15, -0.1) is 0 Å². The summed E-state index contributed by atoms with van der Waals surface area (Å²) in [7, 11) is 1.78. The molecule has 0 aromatic heterocycles. The van der Waals surface area contributed by atoms with Gasteiger partial charge in [-0.25, -0.2) is 0 Å². The molecule has 1 aliphatic rings. The summed E-state index contributed by atoms with van der Waals surface area (Å²) in [4.78, 5) is 0. The van der Waals surface area contributed by atoms with Gasteiger partial charge in [-0.05, 0) is 50.3 Å². The molecule has 1 aliphatic heterocycles. The maximum atomic E-state index is 5.27. The monoisotopic (exact) mass is 233 g/mol. The van der Waals surface area contributed by atoms with Crippen LogP contribution in [-0.4, -0.2) is 19.8 Å². The van der Waals surface area contributed by atoms with Gasteiger partial charge < -0.3 is 10.1 Å². The SMILES string of the molecule is COC(C)CCc1ccc(C2CCCN2)cc1. The minimum absolute atomic E-state index is 0.353. The maximum absolute atomic E-state index is 5.27. The average Bonchev–Trinajstić information content (AvgIpc) is 2.90. The van der Waals surface area contributed by atoms with Gasteiger partial charge in [0.25, 0.3) is 0 Å². The van der Waals surface area contributed by atoms with Crippen molar-refractivity contribution in [3.8, 4) is 0 Å². The Morgan fingerprint density at radius 2 is 2.12 bits per heavy atom. The van der Waals surface area contributed by atoms with Gasteiger partial charge in [0.1, 0.15) is 0 Å². The molecule has 0 spiro atoms. The molecule has 0 amide bonds. The van der Waals surface area contributed by atoms with E-state index in [0.29, 0.717) is 12.1 Å². The van der Waals surface area contributed by atoms with Crippen LogP contribution in [0.4, 0.5) is 0 Å². The second-order valence-corrected chi connectivity index (χ2v) is 4.98. The normalized spacial score (nSPS) is 21.6. The van der Waals surface area contributed by atoms with Crippen molar-refractivity contribution in [3.63, 3.8) is 0 Å². The molecule has 0 radical (unpaired) electrons. The van der Waals surface area contributed by atoms with E-state index in [1.165, 1.54) is 24.0 Å². The minimum Gasteiger partial charge on any atom is -0.382 e. The zero-order chi connectivity index (χ0) is 12.1. The Balaban J connectivity index is 1.88. The van der Waals surface area contributed by atoms with E-state index in [1.807, 2.05) is 0 Å². The van der Waals surface area contributed by atoms with E-state index in [1.54, 1.807) is 7.11 Å². The summed E-state index contributed by atoms with van der Waals surface area (Å²) in [5.41, 5.74) is 2.85. The van der Waals surface area contributed by atoms with Gasteiger partial charge in [-0.3, -0.25) is 0 Å². The highest BCUT2D eigenvalue weighted by Crippen LogP contribution is 2.23. The predicted octanol–water partition coefficient (Wildman–Crippen LogP) is 3.08. The average molecular weight is 233 g/mol. The predicted molar refractivity (Wildman–Crippen MR) is 71.2 cm³/mol. The van der Waals surface area contributed by atoms with E-state index in [0.717, 1.165) is 19.4 Å². The van der Waals surface area contributed by atoms with Crippen molar-refractivity contribution < 1.29 is 4.74 Å². The Hall–Kier alpha value is -0.860. The maximum Gasteiger partial charge on any atom is 0.0546 e. The van der Waals surface area contributed by atoms with Crippen molar-refractivity contribution in [1.29, 1.82) is 0 Å². The van der Waals surface area contributed by atoms with E-state index in [2.05, 4.69) is 36.5 Å². The minimum atomic E-state index is 0.353. The lowest BCUT2D eigenvalue weighted by Gasteiger charge is -2.12. The standard InChI is InChI=1S/C15H23NO/c1-12(17-2)5-6-13-7-9-14(10-8-13)15-4-3-11-16-15/h7-10,12,15-16H,3-6,11H2,1-2H3. The Bertz CT molecular complexity index is 327. The van der Waals surface area contributed by atoms with Gasteiger partial charge in [0, 0.05) is 13.2 Å². The third-order valence-electron chi connectivity index (χ3n) is 3.68. The summed E-state index contributed by atoms with van der Waals surface area (Å²) in [6.45, 7) is 3.29. The van der Waals surface area contributed by atoms with Crippen LogP contribution in [0.3, 0.4) is 0 Å². The summed E-state index contributed by atoms with van der Waals surface area (Å²) in [6, 6.07) is 9.66. The number of ether oxygens (including phenoxy) is 1. The lowest BCUT2D eigenvalue weighted by atomic mass is 10.0. The number of aryl methyl sites for hydroxylation is 1. The number of hydrogen-bond acceptors (Lipinski definition) is 2. The molecule has 1 heterocycles. The smallest absolute Gasteiger partial charge is 0.0546 e. The third-order valence-corrected chi connectivity index (χ3v) is 3.68. The van der Waals surface area contributed by atoms with Crippen LogP contribution in [0.5, 0.6) is 0 Å². The van der Waals surface area contributed by atoms with E-state index in [-0.39, 0.29) is 0 Å². The fourth-order valence-corrected chi connectivity index (χ4v) is 2.37. The molecule has 0 bridgehead atoms. The fourth-order valence-electron chi connectivity index (χ4n) is 2.37. The van der Waals surface area contributed by atoms with E-state index < -0.39 is 0 Å². The molecule has 1 N–H and O–H groups in total. The van der Waals surface area contributed by atoms with Crippen LogP contribution in [0.2, 0.25) is 0 Å². The molecule has 1 fully saturated rings. The number of rotatable bonds is 5. The molecule has 0 saturated carbocycles. The van der Waals surface area contributed by atoms with Gasteiger partial charge in [-0.2, -0.15) is 0 Å². The van der Waals surface area contributed by atoms with Gasteiger partial charge in [0.2, 0.25) is 0 Å². The molecular formula is C15H23NO. The Kier molecular flexibility index (Phi) is 4.57. The first kappa shape index (κ1) is 12.6. The van der Waals surface area contributed by atoms with Crippen molar-refractivity contribution >= 4 is 0 Å². The molecule has 2 atom stereocenters. The lowest BCUT2D eigenvalue weighted by molar-refractivity contribution is 0.111. The molecule has 1 saturated heterocycles. The van der Waals surface area contributed by atoms with Crippen LogP contribution >= 0.6 is 0 Å². The molecule has 2 unspecified atom stereocenters. The number of methoxy groups -OCH3 is 1. The first-order chi connectivity index (χ1) is 8.29. The third kappa shape index (κ3) is 3.55. The zero-order valence-corrected chi connectivity index (χ0v) is 10.9. The molecule has 1 aromatic carbocycles. The fraction of sp³-hybridized carbons (Fsp3) is 0.600. The lowest BCUT2D eigenvalue weighted by Crippen LogP contribution is -2.12. The Morgan fingerprint density at radius 3 is 2.71 bits per heavy atom. The Morgan fingerprint density at radius 1 is 1.35 bits per heavy atom. The van der Waals surface area contributed by atoms with Crippen molar-refractivity contribution in [3.05, 3.63) is 35.4 Å². The number of nitrogens with one attached hydrogen (secondary N) is 1. The van der Waals surface area contributed by atoms with E-state index in [9.17, 15) is 0 Å². The van der Waals surface area contributed by atoms with Crippen molar-refractivity contribution in [2.45, 2.75) is 44.8 Å². The molecule has 94 valence electrons. The van der Waals surface area contributed by atoms with Gasteiger partial charge in [0.15, 0.2) is 0 Å². The number of hydrogen-bond donors (Lipinski definition) is 1. The molecule has 2 nitrogen and oxygen atoms in total. The molecule has 0 aliphatic carbocycles. The first-order valence-corrected chi connectivity index (χ1v) is 6.64. The molecular weight excluding hydrogens is 210 g/mol. The summed E-state index contributed by atoms with van der Waals surface area (Å²) >= 11 is 0. The van der Waals surface area contributed by atoms with Crippen LogP contribution in [0.1, 0.15) is 43.4 Å². The molecule has 17 heavy (non-hydrogen) atoms. The van der Waals surface area contributed by atoms with E-state index >= 15 is 0 Å². The van der Waals surface area contributed by atoms with Crippen LogP contribution in [0.25, 0.3) is 0 Å². The first-order valence-electron chi connectivity index (χ1n) is 6.64. The van der Waals surface area contributed by atoms with Crippen LogP contribution in [0.15, 0.2) is 24.3 Å². The van der Waals surface area contributed by atoms with E-state index in [4.69, 9.17) is 4.74 Å². The second-order valence-electron chi connectivity index (χ2n) is 4.98. The summed E-state index contributed by atoms with van der Waals surface area (Å²) in [5, 5.41) is 3.53. The summed E-state index contributed by atoms with van der Waals surface area (Å²) in [6.07, 6.45) is 5.13. The van der Waals surface area contributed by atoms with Crippen molar-refractivity contribution in [2.75, 3.05) is 13.7 Å². The van der Waals surface area contributed by atoms with Crippen LogP contribution in [0, 0.1) is 0 Å². The van der Waals surface area contributed by atoms with Crippen molar-refractivity contribution in [1.82, 2.24) is 5.32 Å². The molecule has 2 rings (SSSR count). The highest BCUT2D eigenvalue weighted by atomic mass is 16.5. The number of benzene rings is 1. The van der Waals surface area contributed by atoms with Gasteiger partial charge in [-0.1, -0.05) is 24.3 Å². The highest BCUT2D eigenvalue weighted by Gasteiger charge is 2.15.